The van der Waals surface area contributed by atoms with Gasteiger partial charge in [-0.05, 0) is 13.3 Å². The van der Waals surface area contributed by atoms with Crippen molar-refractivity contribution in [1.29, 1.82) is 0 Å². The molecule has 2 aliphatic rings. The zero-order valence-electron chi connectivity index (χ0n) is 12.5. The molecule has 7 nitrogen and oxygen atoms in total. The number of nitrogens with zero attached hydrogens (tertiary/aromatic N) is 3. The maximum Gasteiger partial charge on any atom is 0.311 e. The van der Waals surface area contributed by atoms with Gasteiger partial charge in [-0.3, -0.25) is 14.3 Å². The highest BCUT2D eigenvalue weighted by Gasteiger charge is 2.55. The average molecular weight is 328 g/mol. The molecule has 120 valence electrons. The van der Waals surface area contributed by atoms with Gasteiger partial charge in [-0.15, -0.1) is 0 Å². The highest BCUT2D eigenvalue weighted by atomic mass is 35.5. The van der Waals surface area contributed by atoms with Crippen molar-refractivity contribution in [2.45, 2.75) is 13.3 Å². The van der Waals surface area contributed by atoms with Crippen LogP contribution in [0.5, 0.6) is 0 Å². The maximum atomic E-state index is 12.7. The highest BCUT2D eigenvalue weighted by molar-refractivity contribution is 6.34. The van der Waals surface area contributed by atoms with E-state index < -0.39 is 11.4 Å². The third-order valence-corrected chi connectivity index (χ3v) is 5.34. The highest BCUT2D eigenvalue weighted by Crippen LogP contribution is 2.43. The predicted molar refractivity (Wildman–Crippen MR) is 77.9 cm³/mol. The molecule has 0 aromatic carbocycles. The molecular formula is C14H18ClN3O4. The number of rotatable bonds is 2. The number of carboxylic acid groups (broad SMARTS) is 1. The van der Waals surface area contributed by atoms with Gasteiger partial charge in [0.05, 0.1) is 22.7 Å². The standard InChI is InChI=1S/C14H18ClN3O4/c1-8-10(15)11(16-17(8)2)12(19)18-5-9-6-22-4-3-14(9,7-18)13(20)21/h9H,3-7H2,1-2H3,(H,20,21)/t9-,14+/m0/s1. The van der Waals surface area contributed by atoms with Gasteiger partial charge in [0.1, 0.15) is 0 Å². The monoisotopic (exact) mass is 327 g/mol. The second kappa shape index (κ2) is 5.24. The Morgan fingerprint density at radius 3 is 2.77 bits per heavy atom. The molecule has 2 atom stereocenters. The van der Waals surface area contributed by atoms with E-state index in [9.17, 15) is 14.7 Å². The van der Waals surface area contributed by atoms with Crippen LogP contribution in [-0.2, 0) is 16.6 Å². The lowest BCUT2D eigenvalue weighted by atomic mass is 9.74. The Morgan fingerprint density at radius 1 is 1.50 bits per heavy atom. The van der Waals surface area contributed by atoms with Gasteiger partial charge in [-0.2, -0.15) is 5.10 Å². The van der Waals surface area contributed by atoms with Crippen LogP contribution in [0.2, 0.25) is 5.02 Å². The van der Waals surface area contributed by atoms with Gasteiger partial charge in [0.15, 0.2) is 5.69 Å². The normalized spacial score (nSPS) is 27.8. The fourth-order valence-electron chi connectivity index (χ4n) is 3.32. The summed E-state index contributed by atoms with van der Waals surface area (Å²) in [5, 5.41) is 14.1. The van der Waals surface area contributed by atoms with Gasteiger partial charge in [-0.25, -0.2) is 0 Å². The molecule has 2 saturated heterocycles. The molecule has 0 spiro atoms. The molecule has 0 aliphatic carbocycles. The van der Waals surface area contributed by atoms with Crippen molar-refractivity contribution < 1.29 is 19.4 Å². The number of carboxylic acids is 1. The molecule has 2 fully saturated rings. The third-order valence-electron chi connectivity index (χ3n) is 4.88. The summed E-state index contributed by atoms with van der Waals surface area (Å²) in [7, 11) is 1.72. The minimum Gasteiger partial charge on any atom is -0.481 e. The van der Waals surface area contributed by atoms with E-state index in [2.05, 4.69) is 5.10 Å². The molecule has 0 bridgehead atoms. The van der Waals surface area contributed by atoms with Crippen LogP contribution in [0.1, 0.15) is 22.6 Å². The van der Waals surface area contributed by atoms with E-state index in [-0.39, 0.29) is 24.1 Å². The number of carbonyl (C=O) groups is 2. The molecule has 2 aliphatic heterocycles. The summed E-state index contributed by atoms with van der Waals surface area (Å²) >= 11 is 6.17. The first-order valence-electron chi connectivity index (χ1n) is 7.16. The van der Waals surface area contributed by atoms with Crippen molar-refractivity contribution in [2.24, 2.45) is 18.4 Å². The van der Waals surface area contributed by atoms with Gasteiger partial charge in [0.2, 0.25) is 0 Å². The van der Waals surface area contributed by atoms with Crippen molar-refractivity contribution >= 4 is 23.5 Å². The molecule has 0 radical (unpaired) electrons. The van der Waals surface area contributed by atoms with Crippen molar-refractivity contribution in [3.05, 3.63) is 16.4 Å². The lowest BCUT2D eigenvalue weighted by Gasteiger charge is -2.33. The van der Waals surface area contributed by atoms with Crippen LogP contribution < -0.4 is 0 Å². The first-order chi connectivity index (χ1) is 10.4. The SMILES string of the molecule is Cc1c(Cl)c(C(=O)N2C[C@H]3COCC[C@@]3(C(=O)O)C2)nn1C. The van der Waals surface area contributed by atoms with Crippen LogP contribution >= 0.6 is 11.6 Å². The number of ether oxygens (including phenoxy) is 1. The van der Waals surface area contributed by atoms with Crippen molar-refractivity contribution in [2.75, 3.05) is 26.3 Å². The summed E-state index contributed by atoms with van der Waals surface area (Å²) < 4.78 is 6.94. The fraction of sp³-hybridized carbons (Fsp3) is 0.643. The van der Waals surface area contributed by atoms with Gasteiger partial charge in [-0.1, -0.05) is 11.6 Å². The lowest BCUT2D eigenvalue weighted by molar-refractivity contribution is -0.157. The van der Waals surface area contributed by atoms with Gasteiger partial charge < -0.3 is 14.7 Å². The van der Waals surface area contributed by atoms with Crippen LogP contribution in [0.15, 0.2) is 0 Å². The van der Waals surface area contributed by atoms with Crippen LogP contribution in [0.25, 0.3) is 0 Å². The van der Waals surface area contributed by atoms with Gasteiger partial charge in [0.25, 0.3) is 5.91 Å². The number of carbonyl (C=O) groups excluding carboxylic acids is 1. The van der Waals surface area contributed by atoms with Gasteiger partial charge in [0, 0.05) is 32.7 Å². The largest absolute Gasteiger partial charge is 0.481 e. The van der Waals surface area contributed by atoms with E-state index >= 15 is 0 Å². The number of hydrogen-bond donors (Lipinski definition) is 1. The van der Waals surface area contributed by atoms with Crippen molar-refractivity contribution in [3.8, 4) is 0 Å². The molecule has 0 unspecified atom stereocenters. The minimum absolute atomic E-state index is 0.182. The molecule has 8 heteroatoms. The summed E-state index contributed by atoms with van der Waals surface area (Å²) in [6, 6.07) is 0. The number of halogens is 1. The zero-order chi connectivity index (χ0) is 16.1. The smallest absolute Gasteiger partial charge is 0.311 e. The summed E-state index contributed by atoms with van der Waals surface area (Å²) in [4.78, 5) is 26.0. The average Bonchev–Trinajstić information content (AvgIpc) is 3.01. The molecular weight excluding hydrogens is 310 g/mol. The Morgan fingerprint density at radius 2 is 2.23 bits per heavy atom. The topological polar surface area (TPSA) is 84.7 Å². The molecule has 1 aromatic heterocycles. The summed E-state index contributed by atoms with van der Waals surface area (Å²) in [6.45, 7) is 3.10. The van der Waals surface area contributed by atoms with E-state index in [1.807, 2.05) is 0 Å². The Kier molecular flexibility index (Phi) is 3.65. The Bertz CT molecular complexity index is 644. The van der Waals surface area contributed by atoms with Crippen molar-refractivity contribution in [3.63, 3.8) is 0 Å². The molecule has 1 N–H and O–H groups in total. The number of fused-ring (bicyclic) bond motifs is 1. The number of hydrogen-bond acceptors (Lipinski definition) is 4. The number of likely N-dealkylation sites (tertiary alicyclic amines) is 1. The number of aliphatic carboxylic acids is 1. The first-order valence-corrected chi connectivity index (χ1v) is 7.54. The van der Waals surface area contributed by atoms with Crippen molar-refractivity contribution in [1.82, 2.24) is 14.7 Å². The van der Waals surface area contributed by atoms with Crippen LogP contribution in [-0.4, -0.2) is 58.0 Å². The third kappa shape index (κ3) is 2.11. The van der Waals surface area contributed by atoms with Crippen LogP contribution in [0.4, 0.5) is 0 Å². The first kappa shape index (κ1) is 15.3. The lowest BCUT2D eigenvalue weighted by Crippen LogP contribution is -2.45. The quantitative estimate of drug-likeness (QED) is 0.874. The molecule has 1 aromatic rings. The summed E-state index contributed by atoms with van der Waals surface area (Å²) in [5.41, 5.74) is -0.0239. The van der Waals surface area contributed by atoms with E-state index in [1.165, 1.54) is 0 Å². The molecule has 3 heterocycles. The van der Waals surface area contributed by atoms with Crippen LogP contribution in [0, 0.1) is 18.3 Å². The molecule has 22 heavy (non-hydrogen) atoms. The molecule has 3 rings (SSSR count). The fourth-order valence-corrected chi connectivity index (χ4v) is 3.56. The van der Waals surface area contributed by atoms with Gasteiger partial charge >= 0.3 is 5.97 Å². The Balaban J connectivity index is 1.89. The maximum absolute atomic E-state index is 12.7. The second-order valence-electron chi connectivity index (χ2n) is 6.04. The second-order valence-corrected chi connectivity index (χ2v) is 6.42. The zero-order valence-corrected chi connectivity index (χ0v) is 13.3. The minimum atomic E-state index is -0.912. The Labute approximate surface area is 132 Å². The summed E-state index contributed by atoms with van der Waals surface area (Å²) in [6.07, 6.45) is 0.422. The number of amides is 1. The summed E-state index contributed by atoms with van der Waals surface area (Å²) in [5.74, 6) is -1.37. The van der Waals surface area contributed by atoms with E-state index in [0.29, 0.717) is 36.9 Å². The predicted octanol–water partition coefficient (Wildman–Crippen LogP) is 0.945. The van der Waals surface area contributed by atoms with Crippen LogP contribution in [0.3, 0.4) is 0 Å². The van der Waals surface area contributed by atoms with E-state index in [4.69, 9.17) is 16.3 Å². The van der Waals surface area contributed by atoms with E-state index in [1.54, 1.807) is 23.6 Å². The molecule has 1 amide bonds. The Hall–Kier alpha value is -1.60. The van der Waals surface area contributed by atoms with E-state index in [0.717, 1.165) is 0 Å². The number of aromatic nitrogens is 2. The number of aryl methyl sites for hydroxylation is 1. The molecule has 0 saturated carbocycles.